The van der Waals surface area contributed by atoms with Crippen LogP contribution in [0.1, 0.15) is 65.2 Å². The Labute approximate surface area is 100.0 Å². The molecule has 2 heteroatoms. The van der Waals surface area contributed by atoms with Crippen molar-refractivity contribution in [2.75, 3.05) is 0 Å². The zero-order valence-electron chi connectivity index (χ0n) is 10.9. The number of nitrogens with two attached hydrogens (primary N) is 1. The van der Waals surface area contributed by atoms with E-state index in [1.807, 2.05) is 0 Å². The Morgan fingerprint density at radius 3 is 2.44 bits per heavy atom. The standard InChI is InChI=1S/C14H27NO/c1-11(2)10-13(15)14(16)9-8-12-6-4-3-5-7-12/h11-13H,3-10,15H2,1-2H3/t13-/m1/s1. The zero-order chi connectivity index (χ0) is 12.0. The Morgan fingerprint density at radius 2 is 1.88 bits per heavy atom. The normalized spacial score (nSPS) is 20.0. The van der Waals surface area contributed by atoms with Crippen LogP contribution < -0.4 is 5.73 Å². The van der Waals surface area contributed by atoms with Crippen LogP contribution in [0, 0.1) is 11.8 Å². The molecule has 2 nitrogen and oxygen atoms in total. The first-order valence-corrected chi connectivity index (χ1v) is 6.88. The number of hydrogen-bond donors (Lipinski definition) is 1. The number of carbonyl (C=O) groups excluding carboxylic acids is 1. The van der Waals surface area contributed by atoms with Gasteiger partial charge in [0.25, 0.3) is 0 Å². The molecule has 0 amide bonds. The fraction of sp³-hybridized carbons (Fsp3) is 0.929. The van der Waals surface area contributed by atoms with Gasteiger partial charge in [0, 0.05) is 6.42 Å². The molecule has 0 aromatic carbocycles. The van der Waals surface area contributed by atoms with Crippen LogP contribution in [0.3, 0.4) is 0 Å². The predicted octanol–water partition coefficient (Wildman–Crippen LogP) is 3.29. The van der Waals surface area contributed by atoms with Crippen LogP contribution in [0.25, 0.3) is 0 Å². The maximum absolute atomic E-state index is 11.8. The van der Waals surface area contributed by atoms with E-state index in [9.17, 15) is 4.79 Å². The number of carbonyl (C=O) groups is 1. The molecule has 2 N–H and O–H groups in total. The number of Topliss-reactive ketones (excluding diaryl/α,β-unsaturated/α-hetero) is 1. The minimum atomic E-state index is -0.219. The van der Waals surface area contributed by atoms with Crippen molar-refractivity contribution >= 4 is 5.78 Å². The van der Waals surface area contributed by atoms with E-state index in [0.717, 1.165) is 18.8 Å². The summed E-state index contributed by atoms with van der Waals surface area (Å²) in [5.41, 5.74) is 5.88. The average molecular weight is 225 g/mol. The molecule has 0 radical (unpaired) electrons. The second kappa shape index (κ2) is 7.05. The summed E-state index contributed by atoms with van der Waals surface area (Å²) < 4.78 is 0. The van der Waals surface area contributed by atoms with E-state index in [1.54, 1.807) is 0 Å². The van der Waals surface area contributed by atoms with Gasteiger partial charge in [0.1, 0.15) is 5.78 Å². The Morgan fingerprint density at radius 1 is 1.25 bits per heavy atom. The van der Waals surface area contributed by atoms with Gasteiger partial charge in [-0.3, -0.25) is 4.79 Å². The molecule has 1 saturated carbocycles. The van der Waals surface area contributed by atoms with Gasteiger partial charge in [-0.15, -0.1) is 0 Å². The van der Waals surface area contributed by atoms with Gasteiger partial charge in [0.05, 0.1) is 6.04 Å². The highest BCUT2D eigenvalue weighted by atomic mass is 16.1. The van der Waals surface area contributed by atoms with E-state index in [-0.39, 0.29) is 11.8 Å². The van der Waals surface area contributed by atoms with Crippen molar-refractivity contribution in [2.45, 2.75) is 71.3 Å². The molecule has 1 fully saturated rings. The summed E-state index contributed by atoms with van der Waals surface area (Å²) in [5.74, 6) is 1.59. The molecular weight excluding hydrogens is 198 g/mol. The Balaban J connectivity index is 2.17. The van der Waals surface area contributed by atoms with Crippen LogP contribution in [-0.4, -0.2) is 11.8 Å². The monoisotopic (exact) mass is 225 g/mol. The molecule has 1 atom stereocenters. The van der Waals surface area contributed by atoms with E-state index in [1.165, 1.54) is 32.1 Å². The molecule has 0 aromatic heterocycles. The summed E-state index contributed by atoms with van der Waals surface area (Å²) in [5, 5.41) is 0. The zero-order valence-corrected chi connectivity index (χ0v) is 10.9. The highest BCUT2D eigenvalue weighted by Gasteiger charge is 2.18. The van der Waals surface area contributed by atoms with Crippen molar-refractivity contribution in [2.24, 2.45) is 17.6 Å². The largest absolute Gasteiger partial charge is 0.322 e. The van der Waals surface area contributed by atoms with Crippen molar-refractivity contribution < 1.29 is 4.79 Å². The molecule has 0 heterocycles. The van der Waals surface area contributed by atoms with Crippen LogP contribution in [0.15, 0.2) is 0 Å². The summed E-state index contributed by atoms with van der Waals surface area (Å²) >= 11 is 0. The summed E-state index contributed by atoms with van der Waals surface area (Å²) in [7, 11) is 0. The maximum atomic E-state index is 11.8. The maximum Gasteiger partial charge on any atom is 0.149 e. The Bertz CT molecular complexity index is 207. The second-order valence-electron chi connectivity index (χ2n) is 5.75. The smallest absolute Gasteiger partial charge is 0.149 e. The van der Waals surface area contributed by atoms with Crippen molar-refractivity contribution in [1.82, 2.24) is 0 Å². The number of rotatable bonds is 6. The third-order valence-corrected chi connectivity index (χ3v) is 3.66. The van der Waals surface area contributed by atoms with Gasteiger partial charge in [-0.1, -0.05) is 46.0 Å². The third kappa shape index (κ3) is 5.11. The van der Waals surface area contributed by atoms with Gasteiger partial charge in [0.2, 0.25) is 0 Å². The van der Waals surface area contributed by atoms with E-state index in [4.69, 9.17) is 5.73 Å². The Kier molecular flexibility index (Phi) is 6.04. The van der Waals surface area contributed by atoms with E-state index >= 15 is 0 Å². The van der Waals surface area contributed by atoms with Crippen LogP contribution in [0.4, 0.5) is 0 Å². The van der Waals surface area contributed by atoms with Gasteiger partial charge < -0.3 is 5.73 Å². The highest BCUT2D eigenvalue weighted by Crippen LogP contribution is 2.27. The van der Waals surface area contributed by atoms with Gasteiger partial charge in [-0.25, -0.2) is 0 Å². The molecule has 94 valence electrons. The van der Waals surface area contributed by atoms with Gasteiger partial charge in [0.15, 0.2) is 0 Å². The molecule has 1 aliphatic carbocycles. The first kappa shape index (κ1) is 13.7. The van der Waals surface area contributed by atoms with E-state index in [2.05, 4.69) is 13.8 Å². The molecule has 0 unspecified atom stereocenters. The van der Waals surface area contributed by atoms with Crippen molar-refractivity contribution in [3.63, 3.8) is 0 Å². The molecule has 0 aromatic rings. The van der Waals surface area contributed by atoms with Crippen LogP contribution in [0.2, 0.25) is 0 Å². The lowest BCUT2D eigenvalue weighted by molar-refractivity contribution is -0.121. The fourth-order valence-corrected chi connectivity index (χ4v) is 2.65. The van der Waals surface area contributed by atoms with Crippen molar-refractivity contribution in [3.8, 4) is 0 Å². The predicted molar refractivity (Wildman–Crippen MR) is 68.2 cm³/mol. The van der Waals surface area contributed by atoms with Crippen LogP contribution >= 0.6 is 0 Å². The van der Waals surface area contributed by atoms with Gasteiger partial charge >= 0.3 is 0 Å². The van der Waals surface area contributed by atoms with Crippen LogP contribution in [0.5, 0.6) is 0 Å². The van der Waals surface area contributed by atoms with Gasteiger partial charge in [-0.2, -0.15) is 0 Å². The number of ketones is 1. The molecule has 0 bridgehead atoms. The fourth-order valence-electron chi connectivity index (χ4n) is 2.65. The number of hydrogen-bond acceptors (Lipinski definition) is 2. The molecule has 0 aliphatic heterocycles. The molecule has 0 spiro atoms. The molecule has 1 rings (SSSR count). The van der Waals surface area contributed by atoms with Crippen molar-refractivity contribution in [1.29, 1.82) is 0 Å². The summed E-state index contributed by atoms with van der Waals surface area (Å²) in [6, 6.07) is -0.219. The van der Waals surface area contributed by atoms with E-state index in [0.29, 0.717) is 12.3 Å². The summed E-state index contributed by atoms with van der Waals surface area (Å²) in [4.78, 5) is 11.8. The van der Waals surface area contributed by atoms with Crippen molar-refractivity contribution in [3.05, 3.63) is 0 Å². The third-order valence-electron chi connectivity index (χ3n) is 3.66. The lowest BCUT2D eigenvalue weighted by Gasteiger charge is -2.21. The Hall–Kier alpha value is -0.370. The molecule has 1 aliphatic rings. The summed E-state index contributed by atoms with van der Waals surface area (Å²) in [6.07, 6.45) is 9.37. The average Bonchev–Trinajstić information content (AvgIpc) is 2.26. The first-order chi connectivity index (χ1) is 7.59. The summed E-state index contributed by atoms with van der Waals surface area (Å²) in [6.45, 7) is 4.24. The lowest BCUT2D eigenvalue weighted by Crippen LogP contribution is -2.32. The first-order valence-electron chi connectivity index (χ1n) is 6.88. The van der Waals surface area contributed by atoms with Crippen LogP contribution in [-0.2, 0) is 4.79 Å². The highest BCUT2D eigenvalue weighted by molar-refractivity contribution is 5.83. The van der Waals surface area contributed by atoms with Gasteiger partial charge in [-0.05, 0) is 24.7 Å². The van der Waals surface area contributed by atoms with E-state index < -0.39 is 0 Å². The topological polar surface area (TPSA) is 43.1 Å². The quantitative estimate of drug-likeness (QED) is 0.753. The minimum absolute atomic E-state index is 0.219. The molecule has 0 saturated heterocycles. The second-order valence-corrected chi connectivity index (χ2v) is 5.75. The SMILES string of the molecule is CC(C)C[C@@H](N)C(=O)CCC1CCCCC1. The minimum Gasteiger partial charge on any atom is -0.322 e. The molecule has 16 heavy (non-hydrogen) atoms. The molecular formula is C14H27NO. The lowest BCUT2D eigenvalue weighted by atomic mass is 9.85.